The Balaban J connectivity index is 1.33. The third-order valence-corrected chi connectivity index (χ3v) is 8.50. The number of halogens is 3. The lowest BCUT2D eigenvalue weighted by atomic mass is 9.74. The van der Waals surface area contributed by atoms with Crippen molar-refractivity contribution in [1.82, 2.24) is 9.88 Å². The molecule has 2 N–H and O–H groups in total. The van der Waals surface area contributed by atoms with Crippen LogP contribution in [0.1, 0.15) is 37.4 Å². The molecule has 1 aliphatic heterocycles. The Bertz CT molecular complexity index is 1190. The molecule has 0 amide bonds. The minimum Gasteiger partial charge on any atom is -0.497 e. The molecule has 0 aliphatic carbocycles. The minimum absolute atomic E-state index is 0.0511. The Hall–Kier alpha value is -1.97. The highest BCUT2D eigenvalue weighted by atomic mass is 35.5. The molecule has 0 radical (unpaired) electrons. The molecule has 1 aromatic heterocycles. The third-order valence-electron chi connectivity index (χ3n) is 7.18. The van der Waals surface area contributed by atoms with Crippen molar-refractivity contribution >= 4 is 34.3 Å². The Morgan fingerprint density at radius 3 is 2.72 bits per heavy atom. The van der Waals surface area contributed by atoms with Gasteiger partial charge in [-0.3, -0.25) is 4.98 Å². The SMILES string of the molecule is COc1ccc2ncc(Cl)c([C@H](O)CCC3(CO)CCN(CCSc4cccc(F)c4F)CC3)c2c1. The van der Waals surface area contributed by atoms with E-state index < -0.39 is 17.7 Å². The summed E-state index contributed by atoms with van der Waals surface area (Å²) in [7, 11) is 1.59. The first-order valence-electron chi connectivity index (χ1n) is 12.1. The van der Waals surface area contributed by atoms with Crippen molar-refractivity contribution < 1.29 is 23.7 Å². The number of thioether (sulfide) groups is 1. The first kappa shape index (κ1) is 27.1. The lowest BCUT2D eigenvalue weighted by molar-refractivity contribution is 0.0254. The van der Waals surface area contributed by atoms with Crippen LogP contribution in [-0.4, -0.2) is 59.2 Å². The maximum Gasteiger partial charge on any atom is 0.172 e. The van der Waals surface area contributed by atoms with E-state index in [0.29, 0.717) is 39.8 Å². The number of benzene rings is 2. The van der Waals surface area contributed by atoms with Gasteiger partial charge >= 0.3 is 0 Å². The van der Waals surface area contributed by atoms with E-state index in [9.17, 15) is 19.0 Å². The molecule has 1 atom stereocenters. The van der Waals surface area contributed by atoms with Crippen molar-refractivity contribution in [3.8, 4) is 5.75 Å². The van der Waals surface area contributed by atoms with E-state index in [1.165, 1.54) is 17.8 Å². The number of ether oxygens (including phenoxy) is 1. The summed E-state index contributed by atoms with van der Waals surface area (Å²) in [6.07, 6.45) is 3.48. The van der Waals surface area contributed by atoms with Crippen LogP contribution in [0.15, 0.2) is 47.5 Å². The fourth-order valence-electron chi connectivity index (χ4n) is 4.84. The van der Waals surface area contributed by atoms with Crippen LogP contribution < -0.4 is 4.74 Å². The Morgan fingerprint density at radius 1 is 1.22 bits per heavy atom. The molecule has 5 nitrogen and oxygen atoms in total. The van der Waals surface area contributed by atoms with Crippen LogP contribution in [0.4, 0.5) is 8.78 Å². The van der Waals surface area contributed by atoms with Crippen LogP contribution in [0.25, 0.3) is 10.9 Å². The van der Waals surface area contributed by atoms with Gasteiger partial charge in [0.05, 0.1) is 23.8 Å². The summed E-state index contributed by atoms with van der Waals surface area (Å²) in [6.45, 7) is 2.42. The monoisotopic (exact) mass is 536 g/mol. The fraction of sp³-hybridized carbons (Fsp3) is 0.444. The van der Waals surface area contributed by atoms with Crippen LogP contribution in [0.5, 0.6) is 5.75 Å². The summed E-state index contributed by atoms with van der Waals surface area (Å²) in [5.41, 5.74) is 1.09. The fourth-order valence-corrected chi connectivity index (χ4v) is 6.08. The van der Waals surface area contributed by atoms with Gasteiger partial charge in [0.1, 0.15) is 5.75 Å². The molecular formula is C27H31ClF2N2O3S. The maximum absolute atomic E-state index is 13.9. The minimum atomic E-state index is -0.826. The van der Waals surface area contributed by atoms with Gasteiger partial charge in [-0.1, -0.05) is 17.7 Å². The van der Waals surface area contributed by atoms with Gasteiger partial charge in [-0.15, -0.1) is 11.8 Å². The molecule has 2 aromatic carbocycles. The quantitative estimate of drug-likeness (QED) is 0.317. The first-order valence-corrected chi connectivity index (χ1v) is 13.4. The zero-order chi connectivity index (χ0) is 25.7. The van der Waals surface area contributed by atoms with Gasteiger partial charge < -0.3 is 19.8 Å². The molecule has 1 fully saturated rings. The van der Waals surface area contributed by atoms with Crippen molar-refractivity contribution in [2.75, 3.05) is 39.1 Å². The van der Waals surface area contributed by atoms with Crippen molar-refractivity contribution in [2.45, 2.75) is 36.7 Å². The number of pyridine rings is 1. The van der Waals surface area contributed by atoms with E-state index in [2.05, 4.69) is 9.88 Å². The lowest BCUT2D eigenvalue weighted by Gasteiger charge is -2.41. The molecule has 0 unspecified atom stereocenters. The maximum atomic E-state index is 13.9. The van der Waals surface area contributed by atoms with Crippen LogP contribution in [0, 0.1) is 17.0 Å². The van der Waals surface area contributed by atoms with Crippen LogP contribution in [0.3, 0.4) is 0 Å². The third kappa shape index (κ3) is 6.11. The molecule has 194 valence electrons. The Kier molecular flexibility index (Phi) is 9.06. The van der Waals surface area contributed by atoms with E-state index in [4.69, 9.17) is 16.3 Å². The lowest BCUT2D eigenvalue weighted by Crippen LogP contribution is -2.43. The highest BCUT2D eigenvalue weighted by Crippen LogP contribution is 2.40. The number of likely N-dealkylation sites (tertiary alicyclic amines) is 1. The number of nitrogens with zero attached hydrogens (tertiary/aromatic N) is 2. The zero-order valence-corrected chi connectivity index (χ0v) is 21.8. The molecule has 2 heterocycles. The number of methoxy groups -OCH3 is 1. The molecule has 1 saturated heterocycles. The molecule has 0 spiro atoms. The van der Waals surface area contributed by atoms with Gasteiger partial charge in [-0.2, -0.15) is 0 Å². The second kappa shape index (κ2) is 12.0. The van der Waals surface area contributed by atoms with E-state index in [0.717, 1.165) is 49.4 Å². The Labute approximate surface area is 219 Å². The molecule has 4 rings (SSSR count). The van der Waals surface area contributed by atoms with Gasteiger partial charge in [0.15, 0.2) is 11.6 Å². The number of aromatic nitrogens is 1. The van der Waals surface area contributed by atoms with Crippen LogP contribution in [0.2, 0.25) is 5.02 Å². The van der Waals surface area contributed by atoms with Gasteiger partial charge in [-0.05, 0) is 74.5 Å². The number of hydrogen-bond acceptors (Lipinski definition) is 6. The van der Waals surface area contributed by atoms with Gasteiger partial charge in [0.2, 0.25) is 0 Å². The average molecular weight is 537 g/mol. The Morgan fingerprint density at radius 2 is 2.00 bits per heavy atom. The summed E-state index contributed by atoms with van der Waals surface area (Å²) < 4.78 is 32.6. The first-order chi connectivity index (χ1) is 17.4. The highest BCUT2D eigenvalue weighted by Gasteiger charge is 2.34. The zero-order valence-electron chi connectivity index (χ0n) is 20.2. The predicted octanol–water partition coefficient (Wildman–Crippen LogP) is 5.86. The normalized spacial score (nSPS) is 16.8. The smallest absolute Gasteiger partial charge is 0.172 e. The molecule has 0 saturated carbocycles. The summed E-state index contributed by atoms with van der Waals surface area (Å²) >= 11 is 7.76. The number of rotatable bonds is 10. The van der Waals surface area contributed by atoms with Crippen molar-refractivity contribution in [2.24, 2.45) is 5.41 Å². The van der Waals surface area contributed by atoms with Crippen molar-refractivity contribution in [3.63, 3.8) is 0 Å². The standard InChI is InChI=1S/C27H31ClF2N2O3S/c1-35-18-5-6-22-19(15-18)25(20(28)16-31-22)23(34)7-8-27(17-33)9-11-32(12-10-27)13-14-36-24-4-2-3-21(29)26(24)30/h2-6,15-16,23,33-34H,7-14,17H2,1H3/t23-/m1/s1. The highest BCUT2D eigenvalue weighted by molar-refractivity contribution is 7.99. The molecule has 3 aromatic rings. The summed E-state index contributed by atoms with van der Waals surface area (Å²) in [6, 6.07) is 9.73. The average Bonchev–Trinajstić information content (AvgIpc) is 2.90. The molecule has 1 aliphatic rings. The molecule has 9 heteroatoms. The second-order valence-corrected chi connectivity index (χ2v) is 10.9. The summed E-state index contributed by atoms with van der Waals surface area (Å²) in [5, 5.41) is 22.5. The van der Waals surface area contributed by atoms with E-state index >= 15 is 0 Å². The van der Waals surface area contributed by atoms with Gasteiger partial charge in [0.25, 0.3) is 0 Å². The van der Waals surface area contributed by atoms with Gasteiger partial charge in [-0.25, -0.2) is 8.78 Å². The number of aliphatic hydroxyl groups excluding tert-OH is 2. The van der Waals surface area contributed by atoms with Gasteiger partial charge in [0, 0.05) is 40.9 Å². The molecular weight excluding hydrogens is 506 g/mol. The van der Waals surface area contributed by atoms with Crippen molar-refractivity contribution in [1.29, 1.82) is 0 Å². The summed E-state index contributed by atoms with van der Waals surface area (Å²) in [5.74, 6) is -0.299. The topological polar surface area (TPSA) is 65.8 Å². The summed E-state index contributed by atoms with van der Waals surface area (Å²) in [4.78, 5) is 6.97. The number of hydrogen-bond donors (Lipinski definition) is 2. The second-order valence-electron chi connectivity index (χ2n) is 9.36. The largest absolute Gasteiger partial charge is 0.497 e. The van der Waals surface area contributed by atoms with Crippen molar-refractivity contribution in [3.05, 3.63) is 64.8 Å². The molecule has 0 bridgehead atoms. The predicted molar refractivity (Wildman–Crippen MR) is 140 cm³/mol. The number of aliphatic hydroxyl groups is 2. The number of fused-ring (bicyclic) bond motifs is 1. The van der Waals surface area contributed by atoms with E-state index in [1.807, 2.05) is 18.2 Å². The molecule has 36 heavy (non-hydrogen) atoms. The number of piperidine rings is 1. The van der Waals surface area contributed by atoms with E-state index in [-0.39, 0.29) is 12.0 Å². The van der Waals surface area contributed by atoms with Crippen LogP contribution >= 0.6 is 23.4 Å². The van der Waals surface area contributed by atoms with Crippen LogP contribution in [-0.2, 0) is 0 Å². The van der Waals surface area contributed by atoms with E-state index in [1.54, 1.807) is 19.4 Å².